The van der Waals surface area contributed by atoms with Crippen LogP contribution in [-0.2, 0) is 20.8 Å². The van der Waals surface area contributed by atoms with E-state index in [-0.39, 0.29) is 12.2 Å². The molecule has 2 rings (SSSR count). The van der Waals surface area contributed by atoms with E-state index < -0.39 is 0 Å². The number of ether oxygens (including phenoxy) is 3. The molecule has 0 spiro atoms. The second kappa shape index (κ2) is 5.99. The highest BCUT2D eigenvalue weighted by Crippen LogP contribution is 2.15. The van der Waals surface area contributed by atoms with E-state index in [0.29, 0.717) is 20.0 Å². The fourth-order valence-electron chi connectivity index (χ4n) is 1.83. The Labute approximate surface area is 96.3 Å². The Morgan fingerprint density at radius 1 is 1.31 bits per heavy atom. The van der Waals surface area contributed by atoms with Gasteiger partial charge in [-0.2, -0.15) is 0 Å². The highest BCUT2D eigenvalue weighted by Gasteiger charge is 2.25. The lowest BCUT2D eigenvalue weighted by atomic mass is 10.1. The molecule has 2 atom stereocenters. The molecule has 1 aromatic carbocycles. The summed E-state index contributed by atoms with van der Waals surface area (Å²) in [6, 6.07) is 10.2. The second-order valence-electron chi connectivity index (χ2n) is 3.94. The first kappa shape index (κ1) is 11.6. The molecule has 1 aromatic rings. The summed E-state index contributed by atoms with van der Waals surface area (Å²) in [5.74, 6) is 0. The average molecular weight is 222 g/mol. The summed E-state index contributed by atoms with van der Waals surface area (Å²) in [6.07, 6.45) is 1.18. The van der Waals surface area contributed by atoms with Gasteiger partial charge in [0.1, 0.15) is 12.9 Å². The first-order valence-electron chi connectivity index (χ1n) is 5.75. The van der Waals surface area contributed by atoms with Gasteiger partial charge in [0.05, 0.1) is 19.3 Å². The van der Waals surface area contributed by atoms with Gasteiger partial charge in [-0.25, -0.2) is 0 Å². The van der Waals surface area contributed by atoms with Crippen molar-refractivity contribution in [2.24, 2.45) is 0 Å². The molecule has 16 heavy (non-hydrogen) atoms. The third-order valence-corrected chi connectivity index (χ3v) is 2.77. The maximum atomic E-state index is 5.82. The van der Waals surface area contributed by atoms with Crippen molar-refractivity contribution in [3.8, 4) is 0 Å². The van der Waals surface area contributed by atoms with Crippen LogP contribution in [0.15, 0.2) is 30.3 Å². The van der Waals surface area contributed by atoms with E-state index in [0.717, 1.165) is 6.42 Å². The highest BCUT2D eigenvalue weighted by atomic mass is 16.7. The minimum Gasteiger partial charge on any atom is -0.368 e. The minimum atomic E-state index is 0.0546. The first-order chi connectivity index (χ1) is 7.90. The van der Waals surface area contributed by atoms with E-state index in [4.69, 9.17) is 14.2 Å². The van der Waals surface area contributed by atoms with Gasteiger partial charge in [0, 0.05) is 0 Å². The molecule has 88 valence electrons. The normalized spacial score (nSPS) is 25.6. The van der Waals surface area contributed by atoms with E-state index in [1.807, 2.05) is 18.2 Å². The predicted octanol–water partition coefficient (Wildman–Crippen LogP) is 2.35. The molecule has 1 heterocycles. The van der Waals surface area contributed by atoms with Gasteiger partial charge in [-0.05, 0) is 12.0 Å². The van der Waals surface area contributed by atoms with E-state index in [9.17, 15) is 0 Å². The smallest absolute Gasteiger partial charge is 0.147 e. The van der Waals surface area contributed by atoms with Gasteiger partial charge >= 0.3 is 0 Å². The summed E-state index contributed by atoms with van der Waals surface area (Å²) in [6.45, 7) is 3.75. The molecule has 0 bridgehead atoms. The molecule has 1 saturated heterocycles. The van der Waals surface area contributed by atoms with Crippen molar-refractivity contribution < 1.29 is 14.2 Å². The molecule has 0 saturated carbocycles. The van der Waals surface area contributed by atoms with Gasteiger partial charge in [-0.15, -0.1) is 0 Å². The monoisotopic (exact) mass is 222 g/mol. The molecule has 3 nitrogen and oxygen atoms in total. The Morgan fingerprint density at radius 2 is 2.12 bits per heavy atom. The van der Waals surface area contributed by atoms with Crippen LogP contribution in [0.2, 0.25) is 0 Å². The van der Waals surface area contributed by atoms with Crippen LogP contribution in [0, 0.1) is 0 Å². The molecule has 0 aliphatic carbocycles. The number of rotatable bonds is 4. The Kier molecular flexibility index (Phi) is 4.34. The van der Waals surface area contributed by atoms with Crippen molar-refractivity contribution in [2.45, 2.75) is 32.2 Å². The van der Waals surface area contributed by atoms with Crippen LogP contribution in [-0.4, -0.2) is 25.6 Å². The highest BCUT2D eigenvalue weighted by molar-refractivity contribution is 5.13. The average Bonchev–Trinajstić information content (AvgIpc) is 2.38. The Bertz CT molecular complexity index is 299. The van der Waals surface area contributed by atoms with E-state index in [1.165, 1.54) is 5.56 Å². The molecule has 0 unspecified atom stereocenters. The van der Waals surface area contributed by atoms with Gasteiger partial charge in [0.25, 0.3) is 0 Å². The number of hydrogen-bond acceptors (Lipinski definition) is 3. The van der Waals surface area contributed by atoms with Gasteiger partial charge in [-0.1, -0.05) is 37.3 Å². The van der Waals surface area contributed by atoms with Crippen molar-refractivity contribution >= 4 is 0 Å². The Morgan fingerprint density at radius 3 is 2.88 bits per heavy atom. The fourth-order valence-corrected chi connectivity index (χ4v) is 1.83. The van der Waals surface area contributed by atoms with Crippen LogP contribution in [0.1, 0.15) is 18.9 Å². The lowest BCUT2D eigenvalue weighted by Gasteiger charge is -2.30. The van der Waals surface area contributed by atoms with Crippen molar-refractivity contribution in [3.63, 3.8) is 0 Å². The standard InChI is InChI=1S/C13H18O3/c1-2-12-13(9-14-10-16-12)15-8-11-6-4-3-5-7-11/h3-7,12-13H,2,8-10H2,1H3/t12-,13-/m0/s1. The third kappa shape index (κ3) is 3.04. The van der Waals surface area contributed by atoms with Gasteiger partial charge < -0.3 is 14.2 Å². The van der Waals surface area contributed by atoms with Gasteiger partial charge in [0.2, 0.25) is 0 Å². The summed E-state index contributed by atoms with van der Waals surface area (Å²) >= 11 is 0. The largest absolute Gasteiger partial charge is 0.368 e. The Hall–Kier alpha value is -0.900. The molecule has 0 amide bonds. The van der Waals surface area contributed by atoms with E-state index in [1.54, 1.807) is 0 Å². The molecular formula is C13H18O3. The number of benzene rings is 1. The van der Waals surface area contributed by atoms with Crippen molar-refractivity contribution in [1.29, 1.82) is 0 Å². The zero-order valence-corrected chi connectivity index (χ0v) is 9.59. The van der Waals surface area contributed by atoms with Crippen LogP contribution in [0.5, 0.6) is 0 Å². The zero-order chi connectivity index (χ0) is 11.2. The van der Waals surface area contributed by atoms with Crippen LogP contribution < -0.4 is 0 Å². The van der Waals surface area contributed by atoms with Gasteiger partial charge in [-0.3, -0.25) is 0 Å². The maximum Gasteiger partial charge on any atom is 0.147 e. The lowest BCUT2D eigenvalue weighted by Crippen LogP contribution is -2.40. The quantitative estimate of drug-likeness (QED) is 0.782. The summed E-state index contributed by atoms with van der Waals surface area (Å²) in [5, 5.41) is 0. The van der Waals surface area contributed by atoms with Crippen molar-refractivity contribution in [2.75, 3.05) is 13.4 Å². The molecule has 0 radical (unpaired) electrons. The van der Waals surface area contributed by atoms with E-state index in [2.05, 4.69) is 19.1 Å². The summed E-state index contributed by atoms with van der Waals surface area (Å²) in [7, 11) is 0. The zero-order valence-electron chi connectivity index (χ0n) is 9.59. The molecule has 1 fully saturated rings. The van der Waals surface area contributed by atoms with Crippen LogP contribution >= 0.6 is 0 Å². The number of hydrogen-bond donors (Lipinski definition) is 0. The van der Waals surface area contributed by atoms with Gasteiger partial charge in [0.15, 0.2) is 0 Å². The van der Waals surface area contributed by atoms with Crippen molar-refractivity contribution in [3.05, 3.63) is 35.9 Å². The minimum absolute atomic E-state index is 0.0546. The second-order valence-corrected chi connectivity index (χ2v) is 3.94. The Balaban J connectivity index is 1.84. The van der Waals surface area contributed by atoms with Crippen LogP contribution in [0.25, 0.3) is 0 Å². The molecule has 0 aromatic heterocycles. The summed E-state index contributed by atoms with van der Waals surface area (Å²) in [5.41, 5.74) is 1.18. The van der Waals surface area contributed by atoms with Crippen LogP contribution in [0.3, 0.4) is 0 Å². The molecule has 3 heteroatoms. The van der Waals surface area contributed by atoms with E-state index >= 15 is 0 Å². The first-order valence-corrected chi connectivity index (χ1v) is 5.75. The van der Waals surface area contributed by atoms with Crippen LogP contribution in [0.4, 0.5) is 0 Å². The molecule has 1 aliphatic rings. The third-order valence-electron chi connectivity index (χ3n) is 2.77. The summed E-state index contributed by atoms with van der Waals surface area (Å²) in [4.78, 5) is 0. The lowest BCUT2D eigenvalue weighted by molar-refractivity contribution is -0.211. The fraction of sp³-hybridized carbons (Fsp3) is 0.538. The summed E-state index contributed by atoms with van der Waals surface area (Å²) < 4.78 is 16.6. The molecule has 0 N–H and O–H groups in total. The molecular weight excluding hydrogens is 204 g/mol. The topological polar surface area (TPSA) is 27.7 Å². The SMILES string of the molecule is CC[C@@H]1OCOC[C@@H]1OCc1ccccc1. The van der Waals surface area contributed by atoms with Crippen molar-refractivity contribution in [1.82, 2.24) is 0 Å². The molecule has 1 aliphatic heterocycles. The predicted molar refractivity (Wildman–Crippen MR) is 61.0 cm³/mol. The maximum absolute atomic E-state index is 5.82.